The van der Waals surface area contributed by atoms with Gasteiger partial charge in [-0.05, 0) is 15.9 Å². The van der Waals surface area contributed by atoms with Crippen LogP contribution in [0.5, 0.6) is 5.75 Å². The molecule has 1 fully saturated rings. The molecule has 1 N–H and O–H groups in total. The highest BCUT2D eigenvalue weighted by Crippen LogP contribution is 2.32. The average Bonchev–Trinajstić information content (AvgIpc) is 2.48. The predicted octanol–water partition coefficient (Wildman–Crippen LogP) is 1.31. The van der Waals surface area contributed by atoms with Crippen LogP contribution >= 0.6 is 15.9 Å². The number of rotatable bonds is 4. The first-order valence-corrected chi connectivity index (χ1v) is 7.03. The number of carbonyl (C=O) groups is 1. The third kappa shape index (κ3) is 3.88. The number of hydrogen-bond acceptors (Lipinski definition) is 5. The molecule has 21 heavy (non-hydrogen) atoms. The van der Waals surface area contributed by atoms with E-state index in [-0.39, 0.29) is 22.7 Å². The van der Waals surface area contributed by atoms with Gasteiger partial charge in [0, 0.05) is 38.3 Å². The fourth-order valence-electron chi connectivity index (χ4n) is 1.92. The molecule has 1 heterocycles. The Kier molecular flexibility index (Phi) is 5.07. The standard InChI is InChI=1S/C12H13BrFN3O4/c13-8-5-10(17(19)20)11(6-9(8)14)21-7-12(18)16-3-1-15-2-4-16/h5-6,15H,1-4,7H2. The quantitative estimate of drug-likeness (QED) is 0.645. The summed E-state index contributed by atoms with van der Waals surface area (Å²) in [5.41, 5.74) is -0.392. The Labute approximate surface area is 128 Å². The lowest BCUT2D eigenvalue weighted by Gasteiger charge is -2.27. The first-order valence-electron chi connectivity index (χ1n) is 6.24. The zero-order valence-electron chi connectivity index (χ0n) is 11.0. The van der Waals surface area contributed by atoms with E-state index in [9.17, 15) is 19.3 Å². The predicted molar refractivity (Wildman–Crippen MR) is 75.7 cm³/mol. The van der Waals surface area contributed by atoms with Crippen LogP contribution in [-0.2, 0) is 4.79 Å². The second-order valence-electron chi connectivity index (χ2n) is 4.41. The van der Waals surface area contributed by atoms with Gasteiger partial charge in [-0.2, -0.15) is 0 Å². The maximum absolute atomic E-state index is 13.4. The van der Waals surface area contributed by atoms with Crippen LogP contribution in [0.25, 0.3) is 0 Å². The summed E-state index contributed by atoms with van der Waals surface area (Å²) in [7, 11) is 0. The molecule has 7 nitrogen and oxygen atoms in total. The molecule has 0 aliphatic carbocycles. The number of amides is 1. The fourth-order valence-corrected chi connectivity index (χ4v) is 2.25. The summed E-state index contributed by atoms with van der Waals surface area (Å²) in [4.78, 5) is 23.7. The summed E-state index contributed by atoms with van der Waals surface area (Å²) < 4.78 is 18.6. The lowest BCUT2D eigenvalue weighted by molar-refractivity contribution is -0.385. The summed E-state index contributed by atoms with van der Waals surface area (Å²) in [6.45, 7) is 2.14. The van der Waals surface area contributed by atoms with E-state index in [1.807, 2.05) is 0 Å². The third-order valence-electron chi connectivity index (χ3n) is 3.02. The van der Waals surface area contributed by atoms with Crippen molar-refractivity contribution in [3.63, 3.8) is 0 Å². The molecule has 114 valence electrons. The summed E-state index contributed by atoms with van der Waals surface area (Å²) in [6, 6.07) is 1.91. The molecule has 0 saturated carbocycles. The van der Waals surface area contributed by atoms with Gasteiger partial charge in [0.05, 0.1) is 9.40 Å². The van der Waals surface area contributed by atoms with Crippen LogP contribution in [0.2, 0.25) is 0 Å². The first-order chi connectivity index (χ1) is 9.99. The van der Waals surface area contributed by atoms with Crippen LogP contribution in [0.4, 0.5) is 10.1 Å². The molecule has 1 aromatic carbocycles. The number of nitro benzene ring substituents is 1. The molecule has 2 rings (SSSR count). The first kappa shape index (κ1) is 15.6. The molecular weight excluding hydrogens is 349 g/mol. The van der Waals surface area contributed by atoms with Gasteiger partial charge in [0.2, 0.25) is 5.75 Å². The van der Waals surface area contributed by atoms with E-state index in [2.05, 4.69) is 21.2 Å². The van der Waals surface area contributed by atoms with E-state index in [1.54, 1.807) is 4.90 Å². The van der Waals surface area contributed by atoms with Crippen LogP contribution in [0.3, 0.4) is 0 Å². The van der Waals surface area contributed by atoms with Gasteiger partial charge < -0.3 is 15.0 Å². The van der Waals surface area contributed by atoms with Crippen molar-refractivity contribution in [1.82, 2.24) is 10.2 Å². The maximum atomic E-state index is 13.4. The van der Waals surface area contributed by atoms with Crippen LogP contribution in [-0.4, -0.2) is 48.5 Å². The van der Waals surface area contributed by atoms with Gasteiger partial charge in [0.1, 0.15) is 5.82 Å². The number of nitrogens with zero attached hydrogens (tertiary/aromatic N) is 2. The van der Waals surface area contributed by atoms with Gasteiger partial charge in [0.25, 0.3) is 5.91 Å². The topological polar surface area (TPSA) is 84.7 Å². The zero-order valence-corrected chi connectivity index (χ0v) is 12.6. The molecule has 1 amide bonds. The highest BCUT2D eigenvalue weighted by molar-refractivity contribution is 9.10. The lowest BCUT2D eigenvalue weighted by atomic mass is 10.3. The van der Waals surface area contributed by atoms with E-state index < -0.39 is 16.4 Å². The number of piperazine rings is 1. The Morgan fingerprint density at radius 1 is 1.48 bits per heavy atom. The van der Waals surface area contributed by atoms with E-state index in [0.29, 0.717) is 26.2 Å². The van der Waals surface area contributed by atoms with E-state index >= 15 is 0 Å². The van der Waals surface area contributed by atoms with Crippen molar-refractivity contribution in [1.29, 1.82) is 0 Å². The molecule has 9 heteroatoms. The van der Waals surface area contributed by atoms with Crippen LogP contribution in [0.1, 0.15) is 0 Å². The summed E-state index contributed by atoms with van der Waals surface area (Å²) in [6.07, 6.45) is 0. The number of carbonyl (C=O) groups excluding carboxylic acids is 1. The van der Waals surface area contributed by atoms with Gasteiger partial charge in [-0.1, -0.05) is 0 Å². The van der Waals surface area contributed by atoms with Crippen LogP contribution < -0.4 is 10.1 Å². The van der Waals surface area contributed by atoms with Crippen LogP contribution in [0.15, 0.2) is 16.6 Å². The van der Waals surface area contributed by atoms with Crippen molar-refractivity contribution in [3.05, 3.63) is 32.5 Å². The molecule has 0 unspecified atom stereocenters. The minimum atomic E-state index is -0.690. The molecular formula is C12H13BrFN3O4. The Bertz CT molecular complexity index is 564. The normalized spacial score (nSPS) is 14.9. The number of benzene rings is 1. The Morgan fingerprint density at radius 2 is 2.14 bits per heavy atom. The molecule has 0 spiro atoms. The van der Waals surface area contributed by atoms with E-state index in [4.69, 9.17) is 4.74 Å². The Hall–Kier alpha value is -1.74. The van der Waals surface area contributed by atoms with Crippen molar-refractivity contribution in [2.45, 2.75) is 0 Å². The van der Waals surface area contributed by atoms with Gasteiger partial charge in [-0.3, -0.25) is 14.9 Å². The lowest BCUT2D eigenvalue weighted by Crippen LogP contribution is -2.47. The molecule has 0 bridgehead atoms. The van der Waals surface area contributed by atoms with Gasteiger partial charge in [-0.15, -0.1) is 0 Å². The summed E-state index contributed by atoms with van der Waals surface area (Å²) >= 11 is 2.87. The fraction of sp³-hybridized carbons (Fsp3) is 0.417. The van der Waals surface area contributed by atoms with Gasteiger partial charge >= 0.3 is 5.69 Å². The van der Waals surface area contributed by atoms with Gasteiger partial charge in [-0.25, -0.2) is 4.39 Å². The minimum absolute atomic E-state index is 0.0324. The van der Waals surface area contributed by atoms with E-state index in [1.165, 1.54) is 0 Å². The number of ether oxygens (including phenoxy) is 1. The molecule has 1 aliphatic heterocycles. The molecule has 1 aromatic rings. The molecule has 0 aromatic heterocycles. The number of nitro groups is 1. The van der Waals surface area contributed by atoms with Crippen molar-refractivity contribution in [3.8, 4) is 5.75 Å². The SMILES string of the molecule is O=C(COc1cc(F)c(Br)cc1[N+](=O)[O-])N1CCNCC1. The molecule has 1 saturated heterocycles. The van der Waals surface area contributed by atoms with Crippen molar-refractivity contribution in [2.75, 3.05) is 32.8 Å². The van der Waals surface area contributed by atoms with Crippen molar-refractivity contribution < 1.29 is 18.8 Å². The Balaban J connectivity index is 2.06. The number of hydrogen-bond donors (Lipinski definition) is 1. The van der Waals surface area contributed by atoms with Crippen molar-refractivity contribution >= 4 is 27.5 Å². The zero-order chi connectivity index (χ0) is 15.4. The largest absolute Gasteiger partial charge is 0.477 e. The second kappa shape index (κ2) is 6.81. The van der Waals surface area contributed by atoms with Crippen molar-refractivity contribution in [2.24, 2.45) is 0 Å². The maximum Gasteiger partial charge on any atom is 0.312 e. The average molecular weight is 362 g/mol. The smallest absolute Gasteiger partial charge is 0.312 e. The third-order valence-corrected chi connectivity index (χ3v) is 3.63. The minimum Gasteiger partial charge on any atom is -0.477 e. The highest BCUT2D eigenvalue weighted by atomic mass is 79.9. The highest BCUT2D eigenvalue weighted by Gasteiger charge is 2.22. The van der Waals surface area contributed by atoms with E-state index in [0.717, 1.165) is 12.1 Å². The second-order valence-corrected chi connectivity index (χ2v) is 5.26. The molecule has 0 radical (unpaired) electrons. The summed E-state index contributed by atoms with van der Waals surface area (Å²) in [5, 5.41) is 14.0. The summed E-state index contributed by atoms with van der Waals surface area (Å²) in [5.74, 6) is -1.23. The Morgan fingerprint density at radius 3 is 2.76 bits per heavy atom. The molecule has 0 atom stereocenters. The monoisotopic (exact) mass is 361 g/mol. The van der Waals surface area contributed by atoms with Crippen LogP contribution in [0, 0.1) is 15.9 Å². The van der Waals surface area contributed by atoms with Gasteiger partial charge in [0.15, 0.2) is 6.61 Å². The molecule has 1 aliphatic rings. The number of halogens is 2. The number of nitrogens with one attached hydrogen (secondary N) is 1.